The van der Waals surface area contributed by atoms with Crippen LogP contribution in [0.15, 0.2) is 60.2 Å². The number of hydrogen-bond acceptors (Lipinski definition) is 1. The molecule has 0 aromatic heterocycles. The zero-order valence-corrected chi connectivity index (χ0v) is 28.8. The van der Waals surface area contributed by atoms with Gasteiger partial charge in [-0.15, -0.1) is 0 Å². The Morgan fingerprint density at radius 1 is 0.750 bits per heavy atom. The van der Waals surface area contributed by atoms with Crippen LogP contribution in [0.5, 0.6) is 0 Å². The van der Waals surface area contributed by atoms with Gasteiger partial charge in [-0.3, -0.25) is 0 Å². The Morgan fingerprint density at radius 3 is 1.88 bits per heavy atom. The van der Waals surface area contributed by atoms with Gasteiger partial charge in [0.1, 0.15) is 8.24 Å². The van der Waals surface area contributed by atoms with Gasteiger partial charge in [0.05, 0.1) is 0 Å². The smallest absolute Gasteiger partial charge is 0.126 e. The summed E-state index contributed by atoms with van der Waals surface area (Å²) in [6, 6.07) is 16.5. The third kappa shape index (κ3) is 4.81. The quantitative estimate of drug-likeness (QED) is 0.342. The number of benzene rings is 2. The zero-order chi connectivity index (χ0) is 29.6. The van der Waals surface area contributed by atoms with Crippen molar-refractivity contribution in [2.45, 2.75) is 130 Å². The fraction of sp³-hybridized carbons (Fsp3) is 0.579. The van der Waals surface area contributed by atoms with Crippen molar-refractivity contribution in [2.75, 3.05) is 0 Å². The predicted molar refractivity (Wildman–Crippen MR) is 178 cm³/mol. The topological polar surface area (TPSA) is 3.24 Å². The summed E-state index contributed by atoms with van der Waals surface area (Å²) in [5.41, 5.74) is 11.4. The lowest BCUT2D eigenvalue weighted by atomic mass is 9.76. The highest BCUT2D eigenvalue weighted by Crippen LogP contribution is 2.59. The first-order valence-electron chi connectivity index (χ1n) is 15.7. The van der Waals surface area contributed by atoms with Gasteiger partial charge in [0.25, 0.3) is 0 Å². The van der Waals surface area contributed by atoms with Crippen molar-refractivity contribution in [2.24, 2.45) is 11.8 Å². The van der Waals surface area contributed by atoms with Gasteiger partial charge in [0.2, 0.25) is 0 Å². The standard InChI is InChI=1S/C38H55NSi/c1-35(2,3)28-18-14-25(15-19-28)26-16-20-29-31-22-27-17-21-34(30(27)24-33(31)38(10,11)32(29)23-26)40(12,13)39(36(4,5)6)37(7,8)9/h14-16,18-20,22-24,27,30,34H,17,21H2,1-13H3. The Labute approximate surface area is 247 Å². The Hall–Kier alpha value is -1.90. The molecule has 3 atom stereocenters. The summed E-state index contributed by atoms with van der Waals surface area (Å²) in [6.45, 7) is 31.7. The fourth-order valence-electron chi connectivity index (χ4n) is 9.36. The van der Waals surface area contributed by atoms with E-state index in [-0.39, 0.29) is 21.9 Å². The summed E-state index contributed by atoms with van der Waals surface area (Å²) in [5, 5.41) is 0. The summed E-state index contributed by atoms with van der Waals surface area (Å²) in [6.07, 6.45) is 8.17. The molecule has 0 amide bonds. The number of allylic oxidation sites excluding steroid dienone is 4. The van der Waals surface area contributed by atoms with Crippen LogP contribution >= 0.6 is 0 Å². The molecule has 1 fully saturated rings. The van der Waals surface area contributed by atoms with Crippen molar-refractivity contribution in [3.8, 4) is 11.1 Å². The maximum absolute atomic E-state index is 2.95. The van der Waals surface area contributed by atoms with Crippen LogP contribution in [0, 0.1) is 11.8 Å². The van der Waals surface area contributed by atoms with E-state index in [0.717, 1.165) is 5.54 Å². The van der Waals surface area contributed by atoms with Crippen molar-refractivity contribution in [3.63, 3.8) is 0 Å². The van der Waals surface area contributed by atoms with Crippen molar-refractivity contribution in [3.05, 3.63) is 76.9 Å². The average molecular weight is 554 g/mol. The predicted octanol–water partition coefficient (Wildman–Crippen LogP) is 10.8. The number of hydrogen-bond donors (Lipinski definition) is 0. The van der Waals surface area contributed by atoms with Crippen LogP contribution in [0.25, 0.3) is 16.7 Å². The summed E-state index contributed by atoms with van der Waals surface area (Å²) < 4.78 is 2.95. The highest BCUT2D eigenvalue weighted by molar-refractivity contribution is 6.76. The van der Waals surface area contributed by atoms with Gasteiger partial charge in [-0.05, 0) is 116 Å². The maximum Gasteiger partial charge on any atom is 0.126 e. The van der Waals surface area contributed by atoms with Crippen LogP contribution < -0.4 is 0 Å². The molecule has 2 aromatic rings. The zero-order valence-electron chi connectivity index (χ0n) is 27.8. The van der Waals surface area contributed by atoms with Gasteiger partial charge >= 0.3 is 0 Å². The molecule has 3 unspecified atom stereocenters. The molecule has 3 aliphatic rings. The van der Waals surface area contributed by atoms with Crippen molar-refractivity contribution >= 4 is 13.8 Å². The largest absolute Gasteiger partial charge is 0.314 e. The molecule has 0 radical (unpaired) electrons. The van der Waals surface area contributed by atoms with E-state index in [1.165, 1.54) is 46.2 Å². The third-order valence-electron chi connectivity index (χ3n) is 10.4. The van der Waals surface area contributed by atoms with Crippen LogP contribution in [0.2, 0.25) is 18.6 Å². The normalized spacial score (nSPS) is 24.4. The average Bonchev–Trinajstić information content (AvgIpc) is 3.32. The Bertz CT molecular complexity index is 1330. The van der Waals surface area contributed by atoms with Crippen LogP contribution in [0.3, 0.4) is 0 Å². The van der Waals surface area contributed by atoms with E-state index in [1.807, 2.05) is 0 Å². The molecular weight excluding hydrogens is 499 g/mol. The van der Waals surface area contributed by atoms with Gasteiger partial charge in [-0.25, -0.2) is 0 Å². The lowest BCUT2D eigenvalue weighted by molar-refractivity contribution is 0.122. The molecule has 3 aliphatic carbocycles. The Kier molecular flexibility index (Phi) is 6.88. The summed E-state index contributed by atoms with van der Waals surface area (Å²) in [7, 11) is -1.76. The summed E-state index contributed by atoms with van der Waals surface area (Å²) in [5.74, 6) is 1.33. The molecule has 0 saturated heterocycles. The lowest BCUT2D eigenvalue weighted by Crippen LogP contribution is -2.67. The van der Waals surface area contributed by atoms with Gasteiger partial charge in [-0.2, -0.15) is 0 Å². The first-order chi connectivity index (χ1) is 18.2. The van der Waals surface area contributed by atoms with Crippen LogP contribution in [0.4, 0.5) is 0 Å². The van der Waals surface area contributed by atoms with Gasteiger partial charge < -0.3 is 4.57 Å². The summed E-state index contributed by atoms with van der Waals surface area (Å²) in [4.78, 5) is 0. The molecular formula is C38H55NSi. The van der Waals surface area contributed by atoms with E-state index in [4.69, 9.17) is 0 Å². The van der Waals surface area contributed by atoms with E-state index in [0.29, 0.717) is 11.8 Å². The van der Waals surface area contributed by atoms with Crippen molar-refractivity contribution < 1.29 is 0 Å². The number of nitrogens with zero attached hydrogens (tertiary/aromatic N) is 1. The van der Waals surface area contributed by atoms with Crippen molar-refractivity contribution in [1.82, 2.24) is 4.57 Å². The molecule has 0 aliphatic heterocycles. The van der Waals surface area contributed by atoms with Gasteiger partial charge in [-0.1, -0.05) is 103 Å². The van der Waals surface area contributed by atoms with E-state index >= 15 is 0 Å². The molecule has 0 bridgehead atoms. The summed E-state index contributed by atoms with van der Waals surface area (Å²) >= 11 is 0. The highest BCUT2D eigenvalue weighted by atomic mass is 28.3. The Morgan fingerprint density at radius 2 is 1.32 bits per heavy atom. The molecule has 216 valence electrons. The first kappa shape index (κ1) is 29.6. The monoisotopic (exact) mass is 553 g/mol. The van der Waals surface area contributed by atoms with Gasteiger partial charge in [0, 0.05) is 16.5 Å². The number of rotatable bonds is 3. The molecule has 5 rings (SSSR count). The molecule has 0 spiro atoms. The maximum atomic E-state index is 2.95. The molecule has 2 heteroatoms. The first-order valence-corrected chi connectivity index (χ1v) is 18.8. The highest BCUT2D eigenvalue weighted by Gasteiger charge is 2.54. The minimum absolute atomic E-state index is 0.0279. The van der Waals surface area contributed by atoms with Crippen LogP contribution in [-0.2, 0) is 10.8 Å². The van der Waals surface area contributed by atoms with E-state index in [9.17, 15) is 0 Å². The molecule has 1 saturated carbocycles. The SMILES string of the molecule is CC(C)(C)c1ccc(-c2ccc3c(c2)C(C)(C)C2=CC4C(C=C23)CCC4[Si](C)(C)N(C(C)(C)C)C(C)(C)C)cc1. The second-order valence-corrected chi connectivity index (χ2v) is 21.6. The van der Waals surface area contributed by atoms with E-state index in [2.05, 4.69) is 148 Å². The molecule has 0 heterocycles. The molecule has 2 aromatic carbocycles. The van der Waals surface area contributed by atoms with E-state index in [1.54, 1.807) is 5.57 Å². The minimum Gasteiger partial charge on any atom is -0.314 e. The van der Waals surface area contributed by atoms with E-state index < -0.39 is 8.24 Å². The molecule has 0 N–H and O–H groups in total. The lowest BCUT2D eigenvalue weighted by Gasteiger charge is -2.57. The second-order valence-electron chi connectivity index (χ2n) is 17.1. The third-order valence-corrected chi connectivity index (χ3v) is 15.3. The number of fused-ring (bicyclic) bond motifs is 4. The fourth-order valence-corrected chi connectivity index (χ4v) is 15.3. The second kappa shape index (κ2) is 9.30. The van der Waals surface area contributed by atoms with Crippen LogP contribution in [0.1, 0.15) is 106 Å². The Balaban J connectivity index is 1.51. The van der Waals surface area contributed by atoms with Gasteiger partial charge in [0.15, 0.2) is 0 Å². The minimum atomic E-state index is -1.76. The van der Waals surface area contributed by atoms with Crippen molar-refractivity contribution in [1.29, 1.82) is 0 Å². The molecule has 1 nitrogen and oxygen atoms in total. The molecule has 40 heavy (non-hydrogen) atoms. The van der Waals surface area contributed by atoms with Crippen LogP contribution in [-0.4, -0.2) is 23.9 Å².